The summed E-state index contributed by atoms with van der Waals surface area (Å²) in [4.78, 5) is 12.2. The molecular weight excluding hydrogens is 373 g/mol. The standard InChI is InChI=1S/C15H19BrFNO3S/c1-9(2)21-14(19)13(18-22(20)15(3,4)5)11-8-10(16)6-7-12(11)17/h6-9H,1-5H3/b18-13-/t22-/m0/s1. The van der Waals surface area contributed by atoms with Crippen LogP contribution in [-0.2, 0) is 20.5 Å². The molecule has 0 unspecified atom stereocenters. The van der Waals surface area contributed by atoms with Gasteiger partial charge < -0.3 is 4.74 Å². The van der Waals surface area contributed by atoms with Gasteiger partial charge in [0.1, 0.15) is 16.8 Å². The van der Waals surface area contributed by atoms with E-state index in [2.05, 4.69) is 20.3 Å². The number of esters is 1. The highest BCUT2D eigenvalue weighted by atomic mass is 79.9. The molecule has 0 radical (unpaired) electrons. The average molecular weight is 392 g/mol. The van der Waals surface area contributed by atoms with E-state index in [1.807, 2.05) is 0 Å². The van der Waals surface area contributed by atoms with E-state index in [1.54, 1.807) is 34.6 Å². The van der Waals surface area contributed by atoms with Crippen LogP contribution in [0.25, 0.3) is 0 Å². The minimum Gasteiger partial charge on any atom is -0.458 e. The van der Waals surface area contributed by atoms with Gasteiger partial charge in [0, 0.05) is 10.0 Å². The number of benzene rings is 1. The molecule has 0 spiro atoms. The number of hydrogen-bond acceptors (Lipinski definition) is 3. The first-order valence-electron chi connectivity index (χ1n) is 6.69. The molecule has 0 amide bonds. The van der Waals surface area contributed by atoms with Gasteiger partial charge in [-0.2, -0.15) is 4.40 Å². The third-order valence-corrected chi connectivity index (χ3v) is 4.31. The van der Waals surface area contributed by atoms with Crippen LogP contribution in [0.3, 0.4) is 0 Å². The molecule has 0 aromatic heterocycles. The Morgan fingerprint density at radius 1 is 1.36 bits per heavy atom. The van der Waals surface area contributed by atoms with E-state index < -0.39 is 33.6 Å². The Morgan fingerprint density at radius 2 is 1.95 bits per heavy atom. The molecule has 0 bridgehead atoms. The lowest BCUT2D eigenvalue weighted by Gasteiger charge is -2.16. The number of ether oxygens (including phenoxy) is 1. The minimum absolute atomic E-state index is 0.0439. The first-order valence-corrected chi connectivity index (χ1v) is 8.59. The molecule has 4 nitrogen and oxygen atoms in total. The summed E-state index contributed by atoms with van der Waals surface area (Å²) in [7, 11) is -1.71. The number of carbonyl (C=O) groups is 1. The van der Waals surface area contributed by atoms with Crippen LogP contribution in [0.4, 0.5) is 4.39 Å². The minimum atomic E-state index is -1.71. The van der Waals surface area contributed by atoms with Gasteiger partial charge in [0.05, 0.1) is 10.9 Å². The smallest absolute Gasteiger partial charge is 0.358 e. The van der Waals surface area contributed by atoms with Gasteiger partial charge in [-0.15, -0.1) is 0 Å². The summed E-state index contributed by atoms with van der Waals surface area (Å²) in [5.41, 5.74) is -0.321. The zero-order chi connectivity index (χ0) is 17.1. The molecule has 122 valence electrons. The average Bonchev–Trinajstić information content (AvgIpc) is 2.36. The number of halogens is 2. The Kier molecular flexibility index (Phi) is 6.43. The van der Waals surface area contributed by atoms with Gasteiger partial charge >= 0.3 is 5.97 Å². The Morgan fingerprint density at radius 3 is 2.45 bits per heavy atom. The van der Waals surface area contributed by atoms with Gasteiger partial charge in [0.2, 0.25) is 0 Å². The van der Waals surface area contributed by atoms with Gasteiger partial charge in [0.15, 0.2) is 5.71 Å². The van der Waals surface area contributed by atoms with Crippen LogP contribution in [0.15, 0.2) is 27.1 Å². The second-order valence-corrected chi connectivity index (χ2v) is 8.70. The van der Waals surface area contributed by atoms with Crippen molar-refractivity contribution in [2.24, 2.45) is 4.40 Å². The largest absolute Gasteiger partial charge is 0.458 e. The van der Waals surface area contributed by atoms with Crippen molar-refractivity contribution < 1.29 is 18.1 Å². The molecule has 1 atom stereocenters. The van der Waals surface area contributed by atoms with Gasteiger partial charge in [-0.05, 0) is 52.8 Å². The topological polar surface area (TPSA) is 55.7 Å². The van der Waals surface area contributed by atoms with Crippen LogP contribution < -0.4 is 0 Å². The van der Waals surface area contributed by atoms with E-state index in [0.717, 1.165) is 0 Å². The molecule has 22 heavy (non-hydrogen) atoms. The van der Waals surface area contributed by atoms with Gasteiger partial charge in [-0.25, -0.2) is 13.4 Å². The molecule has 0 saturated carbocycles. The fourth-order valence-electron chi connectivity index (χ4n) is 1.37. The zero-order valence-corrected chi connectivity index (χ0v) is 15.5. The number of carbonyl (C=O) groups excluding carboxylic acids is 1. The molecule has 1 aromatic carbocycles. The van der Waals surface area contributed by atoms with Crippen molar-refractivity contribution in [3.8, 4) is 0 Å². The lowest BCUT2D eigenvalue weighted by Crippen LogP contribution is -2.27. The Bertz CT molecular complexity index is 624. The summed E-state index contributed by atoms with van der Waals surface area (Å²) in [6.07, 6.45) is -0.393. The lowest BCUT2D eigenvalue weighted by atomic mass is 10.1. The van der Waals surface area contributed by atoms with E-state index in [4.69, 9.17) is 4.74 Å². The number of rotatable bonds is 4. The molecular formula is C15H19BrFNO3S. The third kappa shape index (κ3) is 5.28. The Hall–Kier alpha value is -1.08. The van der Waals surface area contributed by atoms with E-state index in [9.17, 15) is 13.4 Å². The molecule has 0 aliphatic heterocycles. The van der Waals surface area contributed by atoms with Crippen LogP contribution in [0.1, 0.15) is 40.2 Å². The first-order chi connectivity index (χ1) is 10.0. The van der Waals surface area contributed by atoms with E-state index in [0.29, 0.717) is 4.47 Å². The van der Waals surface area contributed by atoms with Crippen molar-refractivity contribution in [2.45, 2.75) is 45.5 Å². The summed E-state index contributed by atoms with van der Waals surface area (Å²) in [5, 5.41) is 0. The Balaban J connectivity index is 3.40. The SMILES string of the molecule is CC(C)OC(=O)/C(=N\[S@@](=O)C(C)(C)C)c1cc(Br)ccc1F. The van der Waals surface area contributed by atoms with E-state index in [1.165, 1.54) is 18.2 Å². The molecule has 0 aliphatic carbocycles. The molecule has 0 saturated heterocycles. The fourth-order valence-corrected chi connectivity index (χ4v) is 2.34. The van der Waals surface area contributed by atoms with E-state index in [-0.39, 0.29) is 11.3 Å². The highest BCUT2D eigenvalue weighted by Gasteiger charge is 2.26. The fraction of sp³-hybridized carbons (Fsp3) is 0.467. The monoisotopic (exact) mass is 391 g/mol. The molecule has 0 fully saturated rings. The van der Waals surface area contributed by atoms with Crippen LogP contribution in [-0.4, -0.2) is 26.7 Å². The first kappa shape index (κ1) is 19.0. The quantitative estimate of drug-likeness (QED) is 0.579. The third-order valence-electron chi connectivity index (χ3n) is 2.42. The molecule has 7 heteroatoms. The molecule has 1 rings (SSSR count). The second-order valence-electron chi connectivity index (χ2n) is 5.88. The normalized spacial score (nSPS) is 14.1. The lowest BCUT2D eigenvalue weighted by molar-refractivity contribution is -0.138. The van der Waals surface area contributed by atoms with Crippen molar-refractivity contribution in [1.82, 2.24) is 0 Å². The molecule has 0 heterocycles. The maximum atomic E-state index is 14.1. The summed E-state index contributed by atoms with van der Waals surface area (Å²) >= 11 is 3.22. The summed E-state index contributed by atoms with van der Waals surface area (Å²) in [5.74, 6) is -1.43. The number of hydrogen-bond donors (Lipinski definition) is 0. The highest BCUT2D eigenvalue weighted by Crippen LogP contribution is 2.20. The molecule has 0 aliphatic rings. The summed E-state index contributed by atoms with van der Waals surface area (Å²) in [6, 6.07) is 4.12. The van der Waals surface area contributed by atoms with Crippen LogP contribution in [0, 0.1) is 5.82 Å². The van der Waals surface area contributed by atoms with E-state index >= 15 is 0 Å². The van der Waals surface area contributed by atoms with Crippen molar-refractivity contribution in [3.63, 3.8) is 0 Å². The predicted octanol–water partition coefficient (Wildman–Crippen LogP) is 3.79. The van der Waals surface area contributed by atoms with Crippen molar-refractivity contribution >= 4 is 38.6 Å². The number of nitrogens with zero attached hydrogens (tertiary/aromatic N) is 1. The highest BCUT2D eigenvalue weighted by molar-refractivity contribution is 9.10. The maximum Gasteiger partial charge on any atom is 0.358 e. The van der Waals surface area contributed by atoms with Crippen molar-refractivity contribution in [3.05, 3.63) is 34.1 Å². The summed E-state index contributed by atoms with van der Waals surface area (Å²) < 4.78 is 35.2. The van der Waals surface area contributed by atoms with Crippen LogP contribution in [0.2, 0.25) is 0 Å². The molecule has 1 aromatic rings. The van der Waals surface area contributed by atoms with Crippen LogP contribution in [0.5, 0.6) is 0 Å². The zero-order valence-electron chi connectivity index (χ0n) is 13.1. The summed E-state index contributed by atoms with van der Waals surface area (Å²) in [6.45, 7) is 8.50. The van der Waals surface area contributed by atoms with Gasteiger partial charge in [-0.1, -0.05) is 15.9 Å². The van der Waals surface area contributed by atoms with Crippen LogP contribution >= 0.6 is 15.9 Å². The maximum absolute atomic E-state index is 14.1. The second kappa shape index (κ2) is 7.46. The van der Waals surface area contributed by atoms with Gasteiger partial charge in [0.25, 0.3) is 0 Å². The Labute approximate surface area is 140 Å². The van der Waals surface area contributed by atoms with Crippen molar-refractivity contribution in [1.29, 1.82) is 0 Å². The molecule has 0 N–H and O–H groups in total. The van der Waals surface area contributed by atoms with Gasteiger partial charge in [-0.3, -0.25) is 0 Å². The van der Waals surface area contributed by atoms with Crippen molar-refractivity contribution in [2.75, 3.05) is 0 Å². The predicted molar refractivity (Wildman–Crippen MR) is 89.8 cm³/mol.